The van der Waals surface area contributed by atoms with E-state index in [-0.39, 0.29) is 11.9 Å². The number of aromatic nitrogens is 2. The number of nitrogens with zero attached hydrogens (tertiary/aromatic N) is 2. The van der Waals surface area contributed by atoms with E-state index in [0.717, 1.165) is 41.5 Å². The number of nitrogens with one attached hydrogen (secondary N) is 3. The zero-order chi connectivity index (χ0) is 21.1. The number of hydrogen-bond donors (Lipinski definition) is 3. The van der Waals surface area contributed by atoms with Crippen LogP contribution >= 0.6 is 0 Å². The highest BCUT2D eigenvalue weighted by Gasteiger charge is 2.26. The number of rotatable bonds is 5. The molecular weight excluding hydrogens is 402 g/mol. The minimum atomic E-state index is -3.34. The molecule has 0 aliphatic carbocycles. The van der Waals surface area contributed by atoms with Crippen molar-refractivity contribution in [2.24, 2.45) is 0 Å². The van der Waals surface area contributed by atoms with Gasteiger partial charge in [0, 0.05) is 31.2 Å². The number of para-hydroxylation sites is 2. The fraction of sp³-hybridized carbons (Fsp3) is 0.333. The number of carbonyl (C=O) groups is 1. The molecule has 3 aromatic rings. The third kappa shape index (κ3) is 4.91. The average Bonchev–Trinajstić information content (AvgIpc) is 3.15. The molecule has 8 nitrogen and oxygen atoms in total. The van der Waals surface area contributed by atoms with Crippen LogP contribution < -0.4 is 10.0 Å². The lowest BCUT2D eigenvalue weighted by Crippen LogP contribution is -2.44. The Balaban J connectivity index is 1.37. The molecular formula is C21H25N5O3S. The van der Waals surface area contributed by atoms with Gasteiger partial charge < -0.3 is 15.2 Å². The number of carbonyl (C=O) groups excluding carboxylic acids is 1. The molecule has 1 unspecified atom stereocenters. The first kappa shape index (κ1) is 20.2. The molecule has 2 aromatic carbocycles. The van der Waals surface area contributed by atoms with E-state index in [4.69, 9.17) is 4.98 Å². The summed E-state index contributed by atoms with van der Waals surface area (Å²) in [5.41, 5.74) is 3.25. The van der Waals surface area contributed by atoms with Gasteiger partial charge in [-0.3, -0.25) is 4.72 Å². The number of sulfonamides is 1. The van der Waals surface area contributed by atoms with Crippen molar-refractivity contribution >= 4 is 32.8 Å². The lowest BCUT2D eigenvalue weighted by atomic mass is 9.97. The Morgan fingerprint density at radius 1 is 1.23 bits per heavy atom. The molecule has 1 saturated heterocycles. The molecule has 1 atom stereocenters. The van der Waals surface area contributed by atoms with Crippen LogP contribution in [0.3, 0.4) is 0 Å². The smallest absolute Gasteiger partial charge is 0.317 e. The van der Waals surface area contributed by atoms with E-state index < -0.39 is 10.0 Å². The van der Waals surface area contributed by atoms with Gasteiger partial charge in [0.2, 0.25) is 10.0 Å². The van der Waals surface area contributed by atoms with Crippen LogP contribution in [-0.4, -0.2) is 48.7 Å². The summed E-state index contributed by atoms with van der Waals surface area (Å²) in [7, 11) is -3.34. The van der Waals surface area contributed by atoms with Gasteiger partial charge in [-0.25, -0.2) is 18.2 Å². The molecule has 3 N–H and O–H groups in total. The quantitative estimate of drug-likeness (QED) is 0.582. The van der Waals surface area contributed by atoms with Crippen molar-refractivity contribution < 1.29 is 13.2 Å². The topological polar surface area (TPSA) is 107 Å². The van der Waals surface area contributed by atoms with E-state index in [2.05, 4.69) is 15.0 Å². The first-order chi connectivity index (χ1) is 14.4. The average molecular weight is 428 g/mol. The largest absolute Gasteiger partial charge is 0.342 e. The number of anilines is 1. The fourth-order valence-electron chi connectivity index (χ4n) is 3.80. The molecule has 0 bridgehead atoms. The molecule has 30 heavy (non-hydrogen) atoms. The van der Waals surface area contributed by atoms with E-state index in [9.17, 15) is 13.2 Å². The summed E-state index contributed by atoms with van der Waals surface area (Å²) < 4.78 is 25.2. The van der Waals surface area contributed by atoms with E-state index in [0.29, 0.717) is 25.3 Å². The van der Waals surface area contributed by atoms with Crippen LogP contribution in [-0.2, 0) is 16.6 Å². The maximum Gasteiger partial charge on any atom is 0.317 e. The highest BCUT2D eigenvalue weighted by molar-refractivity contribution is 7.92. The SMILES string of the molecule is CS(=O)(=O)Nc1cccc(CNC(=O)N2CCCC(c3nc4ccccc4[nH]3)C2)c1. The van der Waals surface area contributed by atoms with Gasteiger partial charge in [-0.2, -0.15) is 0 Å². The zero-order valence-corrected chi connectivity index (χ0v) is 17.6. The second-order valence-corrected chi connectivity index (χ2v) is 9.41. The van der Waals surface area contributed by atoms with Crippen molar-refractivity contribution in [3.8, 4) is 0 Å². The van der Waals surface area contributed by atoms with E-state index in [1.54, 1.807) is 18.2 Å². The molecule has 9 heteroatoms. The highest BCUT2D eigenvalue weighted by Crippen LogP contribution is 2.26. The van der Waals surface area contributed by atoms with Crippen molar-refractivity contribution in [3.63, 3.8) is 0 Å². The van der Waals surface area contributed by atoms with Crippen molar-refractivity contribution in [2.45, 2.75) is 25.3 Å². The number of aromatic amines is 1. The summed E-state index contributed by atoms with van der Waals surface area (Å²) in [6.07, 6.45) is 3.02. The Kier molecular flexibility index (Phi) is 5.63. The van der Waals surface area contributed by atoms with Crippen LogP contribution in [0.4, 0.5) is 10.5 Å². The number of benzene rings is 2. The predicted octanol–water partition coefficient (Wildman–Crippen LogP) is 3.02. The Morgan fingerprint density at radius 3 is 2.87 bits per heavy atom. The molecule has 2 heterocycles. The van der Waals surface area contributed by atoms with Crippen LogP contribution in [0.25, 0.3) is 11.0 Å². The van der Waals surface area contributed by atoms with Gasteiger partial charge in [-0.15, -0.1) is 0 Å². The Labute approximate surface area is 175 Å². The maximum absolute atomic E-state index is 12.7. The molecule has 4 rings (SSSR count). The van der Waals surface area contributed by atoms with Crippen LogP contribution in [0.1, 0.15) is 30.1 Å². The molecule has 0 saturated carbocycles. The van der Waals surface area contributed by atoms with Crippen LogP contribution in [0.2, 0.25) is 0 Å². The standard InChI is InChI=1S/C21H25N5O3S/c1-30(28,29)25-17-8-4-6-15(12-17)13-22-21(27)26-11-5-7-16(14-26)20-23-18-9-2-3-10-19(18)24-20/h2-4,6,8-10,12,16,25H,5,7,11,13-14H2,1H3,(H,22,27)(H,23,24). The van der Waals surface area contributed by atoms with Gasteiger partial charge in [-0.1, -0.05) is 24.3 Å². The normalized spacial score (nSPS) is 17.1. The third-order valence-electron chi connectivity index (χ3n) is 5.18. The number of urea groups is 1. The fourth-order valence-corrected chi connectivity index (χ4v) is 4.35. The number of piperidine rings is 1. The maximum atomic E-state index is 12.7. The number of amides is 2. The Hall–Kier alpha value is -3.07. The first-order valence-corrected chi connectivity index (χ1v) is 11.8. The lowest BCUT2D eigenvalue weighted by molar-refractivity contribution is 0.178. The number of likely N-dealkylation sites (tertiary alicyclic amines) is 1. The van der Waals surface area contributed by atoms with E-state index >= 15 is 0 Å². The van der Waals surface area contributed by atoms with Crippen molar-refractivity contribution in [2.75, 3.05) is 24.1 Å². The third-order valence-corrected chi connectivity index (χ3v) is 5.78. The molecule has 1 fully saturated rings. The molecule has 1 aliphatic heterocycles. The molecule has 0 radical (unpaired) electrons. The highest BCUT2D eigenvalue weighted by atomic mass is 32.2. The second-order valence-electron chi connectivity index (χ2n) is 7.66. The van der Waals surface area contributed by atoms with Gasteiger partial charge in [0.25, 0.3) is 0 Å². The van der Waals surface area contributed by atoms with E-state index in [1.807, 2.05) is 35.2 Å². The molecule has 0 spiro atoms. The van der Waals surface area contributed by atoms with Crippen LogP contribution in [0, 0.1) is 0 Å². The number of fused-ring (bicyclic) bond motifs is 1. The predicted molar refractivity (Wildman–Crippen MR) is 117 cm³/mol. The summed E-state index contributed by atoms with van der Waals surface area (Å²) in [5.74, 6) is 1.10. The first-order valence-electron chi connectivity index (χ1n) is 9.91. The van der Waals surface area contributed by atoms with Crippen molar-refractivity contribution in [3.05, 3.63) is 59.9 Å². The van der Waals surface area contributed by atoms with Crippen LogP contribution in [0.15, 0.2) is 48.5 Å². The number of imidazole rings is 1. The summed E-state index contributed by atoms with van der Waals surface area (Å²) in [6, 6.07) is 14.8. The number of H-pyrrole nitrogens is 1. The summed E-state index contributed by atoms with van der Waals surface area (Å²) >= 11 is 0. The molecule has 1 aromatic heterocycles. The minimum Gasteiger partial charge on any atom is -0.342 e. The van der Waals surface area contributed by atoms with Gasteiger partial charge >= 0.3 is 6.03 Å². The molecule has 158 valence electrons. The van der Waals surface area contributed by atoms with Gasteiger partial charge in [0.05, 0.1) is 17.3 Å². The lowest BCUT2D eigenvalue weighted by Gasteiger charge is -2.31. The Bertz CT molecular complexity index is 1130. The van der Waals surface area contributed by atoms with Crippen molar-refractivity contribution in [1.29, 1.82) is 0 Å². The summed E-state index contributed by atoms with van der Waals surface area (Å²) in [4.78, 5) is 22.6. The molecule has 1 aliphatic rings. The van der Waals surface area contributed by atoms with Crippen LogP contribution in [0.5, 0.6) is 0 Å². The Morgan fingerprint density at radius 2 is 2.07 bits per heavy atom. The summed E-state index contributed by atoms with van der Waals surface area (Å²) in [5, 5.41) is 2.94. The van der Waals surface area contributed by atoms with Crippen molar-refractivity contribution in [1.82, 2.24) is 20.2 Å². The monoisotopic (exact) mass is 427 g/mol. The van der Waals surface area contributed by atoms with E-state index in [1.165, 1.54) is 0 Å². The van der Waals surface area contributed by atoms with Gasteiger partial charge in [0.15, 0.2) is 0 Å². The van der Waals surface area contributed by atoms with Gasteiger partial charge in [-0.05, 0) is 42.7 Å². The van der Waals surface area contributed by atoms with Gasteiger partial charge in [0.1, 0.15) is 5.82 Å². The minimum absolute atomic E-state index is 0.128. The summed E-state index contributed by atoms with van der Waals surface area (Å²) in [6.45, 7) is 1.64. The second kappa shape index (κ2) is 8.35. The molecule has 2 amide bonds. The number of hydrogen-bond acceptors (Lipinski definition) is 4. The zero-order valence-electron chi connectivity index (χ0n) is 16.8.